The number of ether oxygens (including phenoxy) is 2. The second-order valence-corrected chi connectivity index (χ2v) is 10.9. The Kier molecular flexibility index (Phi) is 8.82. The number of anilines is 2. The Hall–Kier alpha value is -4.27. The maximum absolute atomic E-state index is 13.1. The fourth-order valence-electron chi connectivity index (χ4n) is 4.86. The van der Waals surface area contributed by atoms with Crippen molar-refractivity contribution in [2.75, 3.05) is 57.2 Å². The van der Waals surface area contributed by atoms with Gasteiger partial charge in [-0.15, -0.1) is 0 Å². The van der Waals surface area contributed by atoms with Crippen LogP contribution in [0, 0.1) is 10.1 Å². The normalized spacial score (nSPS) is 13.6. The van der Waals surface area contributed by atoms with Gasteiger partial charge in [0, 0.05) is 50.0 Å². The number of nitro benzene ring substituents is 1. The summed E-state index contributed by atoms with van der Waals surface area (Å²) in [5.74, 6) is 1.33. The number of carbonyl (C=O) groups excluding carboxylic acids is 1. The molecule has 1 aliphatic heterocycles. The van der Waals surface area contributed by atoms with Crippen LogP contribution in [0.1, 0.15) is 42.3 Å². The fraction of sp³-hybridized carbons (Fsp3) is 0.387. The van der Waals surface area contributed by atoms with Gasteiger partial charge in [0.05, 0.1) is 19.1 Å². The summed E-state index contributed by atoms with van der Waals surface area (Å²) < 4.78 is 10.7. The van der Waals surface area contributed by atoms with Crippen molar-refractivity contribution < 1.29 is 19.2 Å². The largest absolute Gasteiger partial charge is 0.493 e. The number of piperazine rings is 1. The van der Waals surface area contributed by atoms with Gasteiger partial charge in [-0.2, -0.15) is 0 Å². The lowest BCUT2D eigenvalue weighted by atomic mass is 9.86. The van der Waals surface area contributed by atoms with Gasteiger partial charge in [0.15, 0.2) is 11.5 Å². The molecule has 3 aromatic carbocycles. The van der Waals surface area contributed by atoms with Crippen molar-refractivity contribution in [2.24, 2.45) is 0 Å². The first kappa shape index (κ1) is 28.7. The number of benzene rings is 3. The lowest BCUT2D eigenvalue weighted by molar-refractivity contribution is -0.383. The highest BCUT2D eigenvalue weighted by molar-refractivity contribution is 5.94. The summed E-state index contributed by atoms with van der Waals surface area (Å²) in [4.78, 5) is 28.5. The van der Waals surface area contributed by atoms with Crippen LogP contribution in [0.15, 0.2) is 60.7 Å². The van der Waals surface area contributed by atoms with Gasteiger partial charge in [0.2, 0.25) is 0 Å². The van der Waals surface area contributed by atoms with Gasteiger partial charge < -0.3 is 24.6 Å². The lowest BCUT2D eigenvalue weighted by Gasteiger charge is -2.36. The summed E-state index contributed by atoms with van der Waals surface area (Å²) in [6.07, 6.45) is 0.652. The van der Waals surface area contributed by atoms with Gasteiger partial charge >= 0.3 is 0 Å². The molecular weight excluding hydrogens is 508 g/mol. The molecule has 1 saturated heterocycles. The number of nitro groups is 1. The molecule has 40 heavy (non-hydrogen) atoms. The molecule has 0 aromatic heterocycles. The van der Waals surface area contributed by atoms with E-state index in [2.05, 4.69) is 31.0 Å². The number of hydrogen-bond donors (Lipinski definition) is 1. The van der Waals surface area contributed by atoms with Crippen LogP contribution in [0.4, 0.5) is 17.1 Å². The Labute approximate surface area is 235 Å². The van der Waals surface area contributed by atoms with E-state index in [1.165, 1.54) is 5.56 Å². The van der Waals surface area contributed by atoms with E-state index in [9.17, 15) is 14.9 Å². The summed E-state index contributed by atoms with van der Waals surface area (Å²) in [6, 6.07) is 18.7. The zero-order valence-corrected chi connectivity index (χ0v) is 23.9. The molecule has 1 fully saturated rings. The minimum absolute atomic E-state index is 0.0290. The smallest absolute Gasteiger partial charge is 0.292 e. The average molecular weight is 547 g/mol. The average Bonchev–Trinajstić information content (AvgIpc) is 2.96. The molecule has 212 valence electrons. The third-order valence-corrected chi connectivity index (χ3v) is 7.28. The number of rotatable bonds is 9. The third-order valence-electron chi connectivity index (χ3n) is 7.28. The second-order valence-electron chi connectivity index (χ2n) is 10.9. The van der Waals surface area contributed by atoms with Gasteiger partial charge in [-0.25, -0.2) is 0 Å². The van der Waals surface area contributed by atoms with Crippen molar-refractivity contribution >= 4 is 23.0 Å². The lowest BCUT2D eigenvalue weighted by Crippen LogP contribution is -2.48. The number of nitrogens with zero attached hydrogens (tertiary/aromatic N) is 3. The molecule has 9 heteroatoms. The zero-order chi connectivity index (χ0) is 28.9. The molecule has 0 radical (unpaired) electrons. The maximum atomic E-state index is 13.1. The molecule has 0 bridgehead atoms. The van der Waals surface area contributed by atoms with Crippen LogP contribution in [0.3, 0.4) is 0 Å². The van der Waals surface area contributed by atoms with Gasteiger partial charge in [0.25, 0.3) is 11.6 Å². The number of nitrogens with one attached hydrogen (secondary N) is 1. The Morgan fingerprint density at radius 2 is 1.60 bits per heavy atom. The first-order valence-electron chi connectivity index (χ1n) is 13.5. The highest BCUT2D eigenvalue weighted by Crippen LogP contribution is 2.31. The molecule has 0 aliphatic carbocycles. The molecule has 1 N–H and O–H groups in total. The standard InChI is InChI=1S/C31H38N4O5/c1-31(2,3)24-9-7-23(8-10-24)30(36)34-18-16-33(17-19-34)25-11-12-27(35(37)38)26(21-25)32-15-14-22-6-13-28(39-4)29(20-22)40-5/h6-13,20-21,32H,14-19H2,1-5H3. The SMILES string of the molecule is COc1ccc(CCNc2cc(N3CCN(C(=O)c4ccc(C(C)(C)C)cc4)CC3)ccc2[N+](=O)[O-])cc1OC. The minimum Gasteiger partial charge on any atom is -0.493 e. The third kappa shape index (κ3) is 6.65. The highest BCUT2D eigenvalue weighted by Gasteiger charge is 2.24. The predicted molar refractivity (Wildman–Crippen MR) is 158 cm³/mol. The first-order valence-corrected chi connectivity index (χ1v) is 13.5. The van der Waals surface area contributed by atoms with E-state index in [0.717, 1.165) is 11.3 Å². The summed E-state index contributed by atoms with van der Waals surface area (Å²) in [5, 5.41) is 14.9. The molecule has 0 spiro atoms. The first-order chi connectivity index (χ1) is 19.1. The van der Waals surface area contributed by atoms with Crippen LogP contribution in [-0.4, -0.2) is 62.7 Å². The quantitative estimate of drug-likeness (QED) is 0.279. The van der Waals surface area contributed by atoms with Gasteiger partial charge in [-0.05, 0) is 59.4 Å². The molecule has 3 aromatic rings. The topological polar surface area (TPSA) is 97.2 Å². The van der Waals surface area contributed by atoms with Crippen LogP contribution in [0.5, 0.6) is 11.5 Å². The van der Waals surface area contributed by atoms with E-state index < -0.39 is 0 Å². The number of methoxy groups -OCH3 is 2. The summed E-state index contributed by atoms with van der Waals surface area (Å²) in [7, 11) is 3.18. The van der Waals surface area contributed by atoms with Crippen molar-refractivity contribution in [3.63, 3.8) is 0 Å². The second kappa shape index (κ2) is 12.3. The van der Waals surface area contributed by atoms with Gasteiger partial charge in [-0.3, -0.25) is 14.9 Å². The number of carbonyl (C=O) groups is 1. The van der Waals surface area contributed by atoms with Crippen molar-refractivity contribution in [1.82, 2.24) is 4.90 Å². The minimum atomic E-state index is -0.371. The maximum Gasteiger partial charge on any atom is 0.292 e. The summed E-state index contributed by atoms with van der Waals surface area (Å²) in [6.45, 7) is 9.43. The monoisotopic (exact) mass is 546 g/mol. The van der Waals surface area contributed by atoms with Crippen LogP contribution in [-0.2, 0) is 11.8 Å². The molecule has 0 saturated carbocycles. The van der Waals surface area contributed by atoms with Crippen molar-refractivity contribution in [2.45, 2.75) is 32.6 Å². The Morgan fingerprint density at radius 3 is 2.20 bits per heavy atom. The van der Waals surface area contributed by atoms with E-state index >= 15 is 0 Å². The fourth-order valence-corrected chi connectivity index (χ4v) is 4.86. The molecule has 0 unspecified atom stereocenters. The van der Waals surface area contributed by atoms with Crippen LogP contribution < -0.4 is 19.7 Å². The van der Waals surface area contributed by atoms with E-state index in [0.29, 0.717) is 61.9 Å². The van der Waals surface area contributed by atoms with Gasteiger partial charge in [-0.1, -0.05) is 39.0 Å². The Balaban J connectivity index is 1.39. The molecule has 1 aliphatic rings. The molecule has 9 nitrogen and oxygen atoms in total. The Bertz CT molecular complexity index is 1340. The van der Waals surface area contributed by atoms with E-state index in [-0.39, 0.29) is 21.9 Å². The predicted octanol–water partition coefficient (Wildman–Crippen LogP) is 5.53. The zero-order valence-electron chi connectivity index (χ0n) is 23.9. The van der Waals surface area contributed by atoms with Crippen LogP contribution >= 0.6 is 0 Å². The highest BCUT2D eigenvalue weighted by atomic mass is 16.6. The summed E-state index contributed by atoms with van der Waals surface area (Å²) in [5.41, 5.74) is 4.34. The number of hydrogen-bond acceptors (Lipinski definition) is 7. The van der Waals surface area contributed by atoms with Gasteiger partial charge in [0.1, 0.15) is 5.69 Å². The van der Waals surface area contributed by atoms with Crippen molar-refractivity contribution in [1.29, 1.82) is 0 Å². The Morgan fingerprint density at radius 1 is 0.925 bits per heavy atom. The molecule has 0 atom stereocenters. The number of amides is 1. The molecule has 4 rings (SSSR count). The van der Waals surface area contributed by atoms with E-state index in [1.54, 1.807) is 26.4 Å². The van der Waals surface area contributed by atoms with E-state index in [1.807, 2.05) is 53.4 Å². The molecule has 1 heterocycles. The van der Waals surface area contributed by atoms with Crippen LogP contribution in [0.25, 0.3) is 0 Å². The molecule has 1 amide bonds. The summed E-state index contributed by atoms with van der Waals surface area (Å²) >= 11 is 0. The molecular formula is C31H38N4O5. The van der Waals surface area contributed by atoms with Crippen LogP contribution in [0.2, 0.25) is 0 Å². The van der Waals surface area contributed by atoms with Crippen molar-refractivity contribution in [3.8, 4) is 11.5 Å². The van der Waals surface area contributed by atoms with Crippen molar-refractivity contribution in [3.05, 3.63) is 87.5 Å². The van der Waals surface area contributed by atoms with E-state index in [4.69, 9.17) is 9.47 Å².